The number of ether oxygens (including phenoxy) is 1. The van der Waals surface area contributed by atoms with Crippen LogP contribution in [0.3, 0.4) is 0 Å². The Kier molecular flexibility index (Phi) is 9.06. The Hall–Kier alpha value is -2.91. The van der Waals surface area contributed by atoms with Gasteiger partial charge in [-0.25, -0.2) is 8.42 Å². The van der Waals surface area contributed by atoms with E-state index in [0.29, 0.717) is 44.0 Å². The Labute approximate surface area is 201 Å². The van der Waals surface area contributed by atoms with Gasteiger partial charge in [0.2, 0.25) is 10.0 Å². The molecule has 0 atom stereocenters. The number of sulfonamides is 1. The standard InChI is InChI=1S/C25H33N3O5S/c1-3-28(4-2)34(31,32)23-12-10-21(11-13-23)25(30)26-18-20-14-16-27(17-15-20)24(29)19-33-22-8-6-5-7-9-22/h5-13,20H,3-4,14-19H2,1-2H3,(H,26,30). The third-order valence-corrected chi connectivity index (χ3v) is 8.15. The Bertz CT molecular complexity index is 1050. The van der Waals surface area contributed by atoms with E-state index in [2.05, 4.69) is 5.32 Å². The van der Waals surface area contributed by atoms with Gasteiger partial charge in [0.05, 0.1) is 4.90 Å². The van der Waals surface area contributed by atoms with Crippen molar-refractivity contribution in [3.05, 3.63) is 60.2 Å². The highest BCUT2D eigenvalue weighted by atomic mass is 32.2. The van der Waals surface area contributed by atoms with Crippen LogP contribution in [0.15, 0.2) is 59.5 Å². The van der Waals surface area contributed by atoms with E-state index in [9.17, 15) is 18.0 Å². The van der Waals surface area contributed by atoms with Crippen molar-refractivity contribution in [2.75, 3.05) is 39.3 Å². The van der Waals surface area contributed by atoms with Crippen LogP contribution in [0, 0.1) is 5.92 Å². The highest BCUT2D eigenvalue weighted by Gasteiger charge is 2.24. The van der Waals surface area contributed by atoms with Crippen LogP contribution >= 0.6 is 0 Å². The van der Waals surface area contributed by atoms with Crippen molar-refractivity contribution in [3.8, 4) is 5.75 Å². The average Bonchev–Trinajstić information content (AvgIpc) is 2.87. The minimum Gasteiger partial charge on any atom is -0.484 e. The van der Waals surface area contributed by atoms with Crippen molar-refractivity contribution in [1.82, 2.24) is 14.5 Å². The number of carbonyl (C=O) groups excluding carboxylic acids is 2. The van der Waals surface area contributed by atoms with E-state index in [4.69, 9.17) is 4.74 Å². The van der Waals surface area contributed by atoms with E-state index in [-0.39, 0.29) is 29.2 Å². The van der Waals surface area contributed by atoms with Gasteiger partial charge in [0.25, 0.3) is 11.8 Å². The molecule has 34 heavy (non-hydrogen) atoms. The Morgan fingerprint density at radius 3 is 2.21 bits per heavy atom. The van der Waals surface area contributed by atoms with Gasteiger partial charge in [-0.1, -0.05) is 32.0 Å². The van der Waals surface area contributed by atoms with Crippen LogP contribution in [0.1, 0.15) is 37.0 Å². The van der Waals surface area contributed by atoms with E-state index in [1.807, 2.05) is 30.3 Å². The number of amides is 2. The van der Waals surface area contributed by atoms with Crippen LogP contribution in [-0.2, 0) is 14.8 Å². The number of likely N-dealkylation sites (tertiary alicyclic amines) is 1. The number of hydrogen-bond donors (Lipinski definition) is 1. The van der Waals surface area contributed by atoms with Crippen LogP contribution in [0.5, 0.6) is 5.75 Å². The van der Waals surface area contributed by atoms with Gasteiger partial charge < -0.3 is 15.0 Å². The van der Waals surface area contributed by atoms with Gasteiger partial charge in [0.15, 0.2) is 6.61 Å². The smallest absolute Gasteiger partial charge is 0.260 e. The first kappa shape index (κ1) is 25.7. The number of carbonyl (C=O) groups is 2. The molecule has 184 valence electrons. The van der Waals surface area contributed by atoms with Gasteiger partial charge >= 0.3 is 0 Å². The molecule has 0 aromatic heterocycles. The van der Waals surface area contributed by atoms with Crippen molar-refractivity contribution >= 4 is 21.8 Å². The summed E-state index contributed by atoms with van der Waals surface area (Å²) >= 11 is 0. The van der Waals surface area contributed by atoms with Gasteiger partial charge in [-0.05, 0) is 55.2 Å². The van der Waals surface area contributed by atoms with E-state index in [0.717, 1.165) is 12.8 Å². The topological polar surface area (TPSA) is 96.0 Å². The molecule has 1 saturated heterocycles. The van der Waals surface area contributed by atoms with Crippen molar-refractivity contribution in [1.29, 1.82) is 0 Å². The quantitative estimate of drug-likeness (QED) is 0.556. The number of benzene rings is 2. The van der Waals surface area contributed by atoms with Crippen LogP contribution in [0.4, 0.5) is 0 Å². The predicted molar refractivity (Wildman–Crippen MR) is 130 cm³/mol. The van der Waals surface area contributed by atoms with E-state index in [1.165, 1.54) is 16.4 Å². The lowest BCUT2D eigenvalue weighted by Crippen LogP contribution is -2.43. The Morgan fingerprint density at radius 2 is 1.62 bits per heavy atom. The second-order valence-corrected chi connectivity index (χ2v) is 10.2. The summed E-state index contributed by atoms with van der Waals surface area (Å²) in [6, 6.07) is 15.3. The van der Waals surface area contributed by atoms with Crippen LogP contribution in [-0.4, -0.2) is 68.8 Å². The van der Waals surface area contributed by atoms with Crippen molar-refractivity contribution < 1.29 is 22.7 Å². The summed E-state index contributed by atoms with van der Waals surface area (Å²) in [5.74, 6) is 0.685. The number of rotatable bonds is 10. The minimum absolute atomic E-state index is 0.0192. The van der Waals surface area contributed by atoms with E-state index in [1.54, 1.807) is 30.9 Å². The maximum absolute atomic E-state index is 12.6. The number of piperidine rings is 1. The fourth-order valence-electron chi connectivity index (χ4n) is 3.97. The van der Waals surface area contributed by atoms with Crippen molar-refractivity contribution in [2.24, 2.45) is 5.92 Å². The maximum atomic E-state index is 12.6. The van der Waals surface area contributed by atoms with Crippen LogP contribution in [0.2, 0.25) is 0 Å². The molecule has 1 heterocycles. The Morgan fingerprint density at radius 1 is 1.00 bits per heavy atom. The molecule has 1 aliphatic rings. The normalized spacial score (nSPS) is 14.7. The molecule has 0 unspecified atom stereocenters. The van der Waals surface area contributed by atoms with Gasteiger partial charge in [-0.2, -0.15) is 4.31 Å². The summed E-state index contributed by atoms with van der Waals surface area (Å²) in [5, 5.41) is 2.94. The van der Waals surface area contributed by atoms with Gasteiger partial charge in [0.1, 0.15) is 5.75 Å². The lowest BCUT2D eigenvalue weighted by atomic mass is 9.96. The molecule has 3 rings (SSSR count). The number of para-hydroxylation sites is 1. The van der Waals surface area contributed by atoms with Crippen LogP contribution in [0.25, 0.3) is 0 Å². The lowest BCUT2D eigenvalue weighted by molar-refractivity contribution is -0.134. The average molecular weight is 488 g/mol. The molecule has 0 aliphatic carbocycles. The molecule has 8 nitrogen and oxygen atoms in total. The second-order valence-electron chi connectivity index (χ2n) is 8.25. The molecule has 2 amide bonds. The van der Waals surface area contributed by atoms with Crippen molar-refractivity contribution in [3.63, 3.8) is 0 Å². The van der Waals surface area contributed by atoms with Gasteiger partial charge in [-0.3, -0.25) is 9.59 Å². The van der Waals surface area contributed by atoms with Crippen LogP contribution < -0.4 is 10.1 Å². The summed E-state index contributed by atoms with van der Waals surface area (Å²) in [6.07, 6.45) is 1.61. The first-order valence-corrected chi connectivity index (χ1v) is 13.1. The van der Waals surface area contributed by atoms with E-state index < -0.39 is 10.0 Å². The second kappa shape index (κ2) is 12.0. The summed E-state index contributed by atoms with van der Waals surface area (Å²) in [7, 11) is -3.54. The molecular weight excluding hydrogens is 454 g/mol. The first-order valence-electron chi connectivity index (χ1n) is 11.7. The third kappa shape index (κ3) is 6.57. The number of nitrogens with zero attached hydrogens (tertiary/aromatic N) is 2. The molecule has 1 N–H and O–H groups in total. The van der Waals surface area contributed by atoms with Crippen molar-refractivity contribution in [2.45, 2.75) is 31.6 Å². The monoisotopic (exact) mass is 487 g/mol. The largest absolute Gasteiger partial charge is 0.484 e. The maximum Gasteiger partial charge on any atom is 0.260 e. The molecule has 0 spiro atoms. The molecule has 2 aromatic carbocycles. The number of nitrogens with one attached hydrogen (secondary N) is 1. The molecule has 1 fully saturated rings. The molecule has 1 aliphatic heterocycles. The molecule has 0 saturated carbocycles. The number of hydrogen-bond acceptors (Lipinski definition) is 5. The molecule has 2 aromatic rings. The highest BCUT2D eigenvalue weighted by molar-refractivity contribution is 7.89. The summed E-state index contributed by atoms with van der Waals surface area (Å²) in [5.41, 5.74) is 0.421. The third-order valence-electron chi connectivity index (χ3n) is 6.08. The predicted octanol–water partition coefficient (Wildman–Crippen LogP) is 2.76. The highest BCUT2D eigenvalue weighted by Crippen LogP contribution is 2.19. The zero-order valence-corrected chi connectivity index (χ0v) is 20.6. The van der Waals surface area contributed by atoms with E-state index >= 15 is 0 Å². The van der Waals surface area contributed by atoms with Gasteiger partial charge in [0, 0.05) is 38.3 Å². The SMILES string of the molecule is CCN(CC)S(=O)(=O)c1ccc(C(=O)NCC2CCN(C(=O)COc3ccccc3)CC2)cc1. The molecule has 0 radical (unpaired) electrons. The fourth-order valence-corrected chi connectivity index (χ4v) is 5.43. The summed E-state index contributed by atoms with van der Waals surface area (Å²) in [4.78, 5) is 26.9. The Balaban J connectivity index is 1.43. The minimum atomic E-state index is -3.54. The molecule has 9 heteroatoms. The zero-order valence-electron chi connectivity index (χ0n) is 19.8. The first-order chi connectivity index (χ1) is 16.3. The van der Waals surface area contributed by atoms with Gasteiger partial charge in [-0.15, -0.1) is 0 Å². The molecule has 0 bridgehead atoms. The summed E-state index contributed by atoms with van der Waals surface area (Å²) < 4.78 is 32.1. The summed E-state index contributed by atoms with van der Waals surface area (Å²) in [6.45, 7) is 6.18. The lowest BCUT2D eigenvalue weighted by Gasteiger charge is -2.32. The zero-order chi connectivity index (χ0) is 24.6. The molecular formula is C25H33N3O5S. The fraction of sp³-hybridized carbons (Fsp3) is 0.440.